The molecule has 0 aliphatic carbocycles. The number of hydrogen-bond acceptors (Lipinski definition) is 3. The van der Waals surface area contributed by atoms with Crippen LogP contribution < -0.4 is 4.90 Å². The van der Waals surface area contributed by atoms with Crippen LogP contribution >= 0.6 is 11.3 Å². The van der Waals surface area contributed by atoms with E-state index in [1.165, 1.54) is 6.07 Å². The quantitative estimate of drug-likeness (QED) is 0.838. The summed E-state index contributed by atoms with van der Waals surface area (Å²) in [5.41, 5.74) is 0.726. The first-order valence-electron chi connectivity index (χ1n) is 5.59. The van der Waals surface area contributed by atoms with Crippen LogP contribution in [0.5, 0.6) is 0 Å². The first-order valence-corrected chi connectivity index (χ1v) is 6.41. The van der Waals surface area contributed by atoms with Crippen LogP contribution in [0.15, 0.2) is 24.4 Å². The lowest BCUT2D eigenvalue weighted by Crippen LogP contribution is -2.21. The summed E-state index contributed by atoms with van der Waals surface area (Å²) in [6.45, 7) is 3.92. The van der Waals surface area contributed by atoms with Crippen molar-refractivity contribution < 1.29 is 8.78 Å². The fourth-order valence-electron chi connectivity index (χ4n) is 1.67. The molecule has 0 aliphatic rings. The maximum atomic E-state index is 13.2. The third kappa shape index (κ3) is 2.51. The highest BCUT2D eigenvalue weighted by atomic mass is 32.1. The van der Waals surface area contributed by atoms with Crippen LogP contribution in [0.3, 0.4) is 0 Å². The van der Waals surface area contributed by atoms with Crippen molar-refractivity contribution in [3.05, 3.63) is 46.5 Å². The van der Waals surface area contributed by atoms with Crippen molar-refractivity contribution in [1.82, 2.24) is 4.98 Å². The highest BCUT2D eigenvalue weighted by molar-refractivity contribution is 7.15. The average Bonchev–Trinajstić information content (AvgIpc) is 2.77. The van der Waals surface area contributed by atoms with Crippen molar-refractivity contribution in [1.29, 1.82) is 0 Å². The van der Waals surface area contributed by atoms with Gasteiger partial charge in [-0.1, -0.05) is 6.07 Å². The first-order chi connectivity index (χ1) is 8.49. The summed E-state index contributed by atoms with van der Waals surface area (Å²) in [5.74, 6) is -1.64. The molecule has 2 nitrogen and oxygen atoms in total. The van der Waals surface area contributed by atoms with Gasteiger partial charge in [-0.2, -0.15) is 0 Å². The second-order valence-electron chi connectivity index (χ2n) is 4.21. The predicted molar refractivity (Wildman–Crippen MR) is 70.0 cm³/mol. The normalized spacial score (nSPS) is 12.5. The molecule has 0 amide bonds. The molecule has 0 bridgehead atoms. The molecule has 0 fully saturated rings. The molecular weight excluding hydrogens is 254 g/mol. The number of aromatic nitrogens is 1. The minimum absolute atomic E-state index is 0.0642. The monoisotopic (exact) mass is 268 g/mol. The third-order valence-electron chi connectivity index (χ3n) is 2.92. The molecule has 0 N–H and O–H groups in total. The molecule has 1 heterocycles. The Bertz CT molecular complexity index is 554. The minimum atomic E-state index is -0.821. The standard InChI is InChI=1S/C13H14F2N2S/c1-8-7-16-13(18-8)17(3)9(2)10-4-5-11(14)12(15)6-10/h4-7,9H,1-3H3. The van der Waals surface area contributed by atoms with E-state index in [4.69, 9.17) is 0 Å². The molecule has 0 saturated heterocycles. The summed E-state index contributed by atoms with van der Waals surface area (Å²) in [4.78, 5) is 7.35. The topological polar surface area (TPSA) is 16.1 Å². The average molecular weight is 268 g/mol. The smallest absolute Gasteiger partial charge is 0.185 e. The molecule has 18 heavy (non-hydrogen) atoms. The Labute approximate surface area is 109 Å². The summed E-state index contributed by atoms with van der Waals surface area (Å²) in [5, 5.41) is 0.865. The largest absolute Gasteiger partial charge is 0.344 e. The van der Waals surface area contributed by atoms with E-state index in [0.29, 0.717) is 0 Å². The van der Waals surface area contributed by atoms with Gasteiger partial charge in [0.15, 0.2) is 16.8 Å². The van der Waals surface area contributed by atoms with Crippen LogP contribution in [0.1, 0.15) is 23.4 Å². The van der Waals surface area contributed by atoms with Crippen LogP contribution in [0.4, 0.5) is 13.9 Å². The molecule has 1 aromatic heterocycles. The summed E-state index contributed by atoms with van der Waals surface area (Å²) < 4.78 is 26.1. The van der Waals surface area contributed by atoms with Crippen molar-refractivity contribution in [2.24, 2.45) is 0 Å². The number of aryl methyl sites for hydroxylation is 1. The fourth-order valence-corrected chi connectivity index (χ4v) is 2.47. The molecule has 0 saturated carbocycles. The molecule has 0 spiro atoms. The highest BCUT2D eigenvalue weighted by Gasteiger charge is 2.16. The van der Waals surface area contributed by atoms with Crippen LogP contribution in [-0.4, -0.2) is 12.0 Å². The highest BCUT2D eigenvalue weighted by Crippen LogP contribution is 2.29. The minimum Gasteiger partial charge on any atom is -0.344 e. The van der Waals surface area contributed by atoms with E-state index in [1.807, 2.05) is 25.8 Å². The Morgan fingerprint density at radius 2 is 2.00 bits per heavy atom. The number of thiazole rings is 1. The Balaban J connectivity index is 2.25. The van der Waals surface area contributed by atoms with E-state index >= 15 is 0 Å². The lowest BCUT2D eigenvalue weighted by atomic mass is 10.1. The van der Waals surface area contributed by atoms with Gasteiger partial charge in [-0.15, -0.1) is 11.3 Å². The van der Waals surface area contributed by atoms with Crippen molar-refractivity contribution in [3.8, 4) is 0 Å². The SMILES string of the molecule is Cc1cnc(N(C)C(C)c2ccc(F)c(F)c2)s1. The van der Waals surface area contributed by atoms with Gasteiger partial charge in [0.05, 0.1) is 6.04 Å². The molecule has 2 aromatic rings. The third-order valence-corrected chi connectivity index (χ3v) is 3.92. The molecule has 5 heteroatoms. The van der Waals surface area contributed by atoms with E-state index in [1.54, 1.807) is 23.6 Å². The Kier molecular flexibility index (Phi) is 3.61. The first kappa shape index (κ1) is 13.0. The van der Waals surface area contributed by atoms with Crippen LogP contribution in [0.25, 0.3) is 0 Å². The number of anilines is 1. The van der Waals surface area contributed by atoms with Gasteiger partial charge < -0.3 is 4.90 Å². The second kappa shape index (κ2) is 5.02. The van der Waals surface area contributed by atoms with E-state index in [-0.39, 0.29) is 6.04 Å². The fraction of sp³-hybridized carbons (Fsp3) is 0.308. The number of hydrogen-bond donors (Lipinski definition) is 0. The van der Waals surface area contributed by atoms with E-state index in [2.05, 4.69) is 4.98 Å². The number of nitrogens with zero attached hydrogens (tertiary/aromatic N) is 2. The molecule has 96 valence electrons. The Morgan fingerprint density at radius 3 is 2.56 bits per heavy atom. The zero-order valence-corrected chi connectivity index (χ0v) is 11.3. The van der Waals surface area contributed by atoms with Crippen LogP contribution in [0.2, 0.25) is 0 Å². The van der Waals surface area contributed by atoms with Crippen molar-refractivity contribution in [2.45, 2.75) is 19.9 Å². The van der Waals surface area contributed by atoms with Gasteiger partial charge >= 0.3 is 0 Å². The predicted octanol–water partition coefficient (Wildman–Crippen LogP) is 3.93. The number of benzene rings is 1. The van der Waals surface area contributed by atoms with Crippen molar-refractivity contribution >= 4 is 16.5 Å². The summed E-state index contributed by atoms with van der Waals surface area (Å²) in [6, 6.07) is 3.92. The maximum Gasteiger partial charge on any atom is 0.185 e. The molecular formula is C13H14F2N2S. The van der Waals surface area contributed by atoms with Gasteiger partial charge in [0.1, 0.15) is 0 Å². The van der Waals surface area contributed by atoms with E-state index < -0.39 is 11.6 Å². The Hall–Kier alpha value is -1.49. The molecule has 1 atom stereocenters. The van der Waals surface area contributed by atoms with Crippen LogP contribution in [0, 0.1) is 18.6 Å². The van der Waals surface area contributed by atoms with E-state index in [0.717, 1.165) is 21.6 Å². The summed E-state index contributed by atoms with van der Waals surface area (Å²) in [7, 11) is 1.89. The van der Waals surface area contributed by atoms with Gasteiger partial charge in [0.2, 0.25) is 0 Å². The molecule has 0 radical (unpaired) electrons. The number of halogens is 2. The molecule has 1 aromatic carbocycles. The summed E-state index contributed by atoms with van der Waals surface area (Å²) in [6.07, 6.45) is 1.80. The number of rotatable bonds is 3. The van der Waals surface area contributed by atoms with Gasteiger partial charge in [0.25, 0.3) is 0 Å². The van der Waals surface area contributed by atoms with Gasteiger partial charge in [-0.05, 0) is 31.5 Å². The van der Waals surface area contributed by atoms with Crippen molar-refractivity contribution in [2.75, 3.05) is 11.9 Å². The molecule has 2 rings (SSSR count). The van der Waals surface area contributed by atoms with Gasteiger partial charge in [-0.3, -0.25) is 0 Å². The van der Waals surface area contributed by atoms with E-state index in [9.17, 15) is 8.78 Å². The molecule has 1 unspecified atom stereocenters. The second-order valence-corrected chi connectivity index (χ2v) is 5.43. The lowest BCUT2D eigenvalue weighted by molar-refractivity contribution is 0.505. The maximum absolute atomic E-state index is 13.2. The van der Waals surface area contributed by atoms with Crippen LogP contribution in [-0.2, 0) is 0 Å². The zero-order valence-electron chi connectivity index (χ0n) is 10.4. The summed E-state index contributed by atoms with van der Waals surface area (Å²) >= 11 is 1.57. The van der Waals surface area contributed by atoms with Gasteiger partial charge in [0, 0.05) is 18.1 Å². The zero-order chi connectivity index (χ0) is 13.3. The molecule has 0 aliphatic heterocycles. The van der Waals surface area contributed by atoms with Gasteiger partial charge in [-0.25, -0.2) is 13.8 Å². The van der Waals surface area contributed by atoms with Crippen molar-refractivity contribution in [3.63, 3.8) is 0 Å². The Morgan fingerprint density at radius 1 is 1.28 bits per heavy atom. The lowest BCUT2D eigenvalue weighted by Gasteiger charge is -2.24.